The van der Waals surface area contributed by atoms with Crippen LogP contribution in [0.4, 0.5) is 0 Å². The van der Waals surface area contributed by atoms with Gasteiger partial charge in [0.15, 0.2) is 0 Å². The van der Waals surface area contributed by atoms with Crippen LogP contribution in [0.2, 0.25) is 0 Å². The van der Waals surface area contributed by atoms with Gasteiger partial charge in [-0.1, -0.05) is 36.4 Å². The Hall–Kier alpha value is -1.08. The summed E-state index contributed by atoms with van der Waals surface area (Å²) in [7, 11) is 0. The van der Waals surface area contributed by atoms with Crippen molar-refractivity contribution >= 4 is 0 Å². The maximum absolute atomic E-state index is 9.67. The second-order valence-electron chi connectivity index (χ2n) is 3.55. The molecule has 1 rings (SSSR count). The van der Waals surface area contributed by atoms with E-state index < -0.39 is 5.60 Å². The molecule has 1 aromatic rings. The summed E-state index contributed by atoms with van der Waals surface area (Å²) in [5.74, 6) is 0. The van der Waals surface area contributed by atoms with Crippen LogP contribution in [-0.2, 0) is 6.42 Å². The molecule has 70 valence electrons. The monoisotopic (exact) mass is 176 g/mol. The van der Waals surface area contributed by atoms with Crippen LogP contribution >= 0.6 is 0 Å². The van der Waals surface area contributed by atoms with Gasteiger partial charge >= 0.3 is 0 Å². The molecular weight excluding hydrogens is 160 g/mol. The van der Waals surface area contributed by atoms with Crippen molar-refractivity contribution in [3.63, 3.8) is 0 Å². The van der Waals surface area contributed by atoms with Crippen molar-refractivity contribution in [2.45, 2.75) is 25.4 Å². The zero-order valence-electron chi connectivity index (χ0n) is 8.03. The van der Waals surface area contributed by atoms with Gasteiger partial charge in [0.25, 0.3) is 0 Å². The molecule has 0 saturated heterocycles. The molecule has 13 heavy (non-hydrogen) atoms. The van der Waals surface area contributed by atoms with Crippen molar-refractivity contribution in [2.75, 3.05) is 0 Å². The molecule has 0 heterocycles. The Bertz CT molecular complexity index is 262. The van der Waals surface area contributed by atoms with E-state index in [1.165, 1.54) is 5.56 Å². The molecule has 0 amide bonds. The quantitative estimate of drug-likeness (QED) is 0.699. The first-order valence-corrected chi connectivity index (χ1v) is 4.54. The molecular formula is C12H16O. The van der Waals surface area contributed by atoms with Crippen molar-refractivity contribution in [1.82, 2.24) is 0 Å². The minimum absolute atomic E-state index is 0.723. The summed E-state index contributed by atoms with van der Waals surface area (Å²) in [5.41, 5.74) is 0.514. The highest BCUT2D eigenvalue weighted by Gasteiger charge is 2.14. The van der Waals surface area contributed by atoms with Crippen LogP contribution < -0.4 is 0 Å². The first-order chi connectivity index (χ1) is 6.14. The minimum Gasteiger partial charge on any atom is -0.386 e. The van der Waals surface area contributed by atoms with Gasteiger partial charge < -0.3 is 5.11 Å². The van der Waals surface area contributed by atoms with Gasteiger partial charge in [-0.2, -0.15) is 0 Å². The predicted molar refractivity (Wildman–Crippen MR) is 55.6 cm³/mol. The lowest BCUT2D eigenvalue weighted by atomic mass is 9.97. The Balaban J connectivity index is 2.48. The van der Waals surface area contributed by atoms with E-state index in [1.54, 1.807) is 13.0 Å². The molecule has 1 heteroatoms. The second-order valence-corrected chi connectivity index (χ2v) is 3.55. The maximum atomic E-state index is 9.67. The molecule has 0 unspecified atom stereocenters. The summed E-state index contributed by atoms with van der Waals surface area (Å²) in [6.45, 7) is 5.38. The standard InChI is InChI=1S/C12H16O/c1-3-12(2,13)10-9-11-7-5-4-6-8-11/h3-8,13H,1,9-10H2,2H3/t12-/m1/s1. The van der Waals surface area contributed by atoms with Gasteiger partial charge in [-0.15, -0.1) is 6.58 Å². The largest absolute Gasteiger partial charge is 0.386 e. The molecule has 1 N–H and O–H groups in total. The lowest BCUT2D eigenvalue weighted by molar-refractivity contribution is 0.103. The highest BCUT2D eigenvalue weighted by Crippen LogP contribution is 2.14. The first-order valence-electron chi connectivity index (χ1n) is 4.54. The van der Waals surface area contributed by atoms with E-state index in [2.05, 4.69) is 18.7 Å². The van der Waals surface area contributed by atoms with Gasteiger partial charge in [0, 0.05) is 0 Å². The zero-order chi connectivity index (χ0) is 9.73. The van der Waals surface area contributed by atoms with Gasteiger partial charge in [0.1, 0.15) is 0 Å². The average Bonchev–Trinajstić information content (AvgIpc) is 2.17. The van der Waals surface area contributed by atoms with E-state index in [0.717, 1.165) is 12.8 Å². The maximum Gasteiger partial charge on any atom is 0.0800 e. The van der Waals surface area contributed by atoms with Crippen molar-refractivity contribution in [3.8, 4) is 0 Å². The summed E-state index contributed by atoms with van der Waals surface area (Å²) in [5, 5.41) is 9.67. The van der Waals surface area contributed by atoms with Crippen LogP contribution in [-0.4, -0.2) is 10.7 Å². The minimum atomic E-state index is -0.740. The molecule has 0 radical (unpaired) electrons. The number of aryl methyl sites for hydroxylation is 1. The molecule has 1 atom stereocenters. The van der Waals surface area contributed by atoms with Crippen LogP contribution in [0.15, 0.2) is 43.0 Å². The van der Waals surface area contributed by atoms with Gasteiger partial charge in [-0.25, -0.2) is 0 Å². The first kappa shape index (κ1) is 10.0. The molecule has 0 aliphatic carbocycles. The Morgan fingerprint density at radius 2 is 2.00 bits per heavy atom. The Kier molecular flexibility index (Phi) is 3.26. The fraction of sp³-hybridized carbons (Fsp3) is 0.333. The molecule has 0 fully saturated rings. The van der Waals surface area contributed by atoms with Crippen LogP contribution in [0.5, 0.6) is 0 Å². The van der Waals surface area contributed by atoms with Crippen molar-refractivity contribution in [3.05, 3.63) is 48.6 Å². The van der Waals surface area contributed by atoms with E-state index in [0.29, 0.717) is 0 Å². The van der Waals surface area contributed by atoms with E-state index in [1.807, 2.05) is 18.2 Å². The van der Waals surface area contributed by atoms with E-state index in [4.69, 9.17) is 0 Å². The van der Waals surface area contributed by atoms with E-state index >= 15 is 0 Å². The third-order valence-corrected chi connectivity index (χ3v) is 2.20. The van der Waals surface area contributed by atoms with Crippen molar-refractivity contribution in [2.24, 2.45) is 0 Å². The number of hydrogen-bond donors (Lipinski definition) is 1. The van der Waals surface area contributed by atoms with Crippen molar-refractivity contribution in [1.29, 1.82) is 0 Å². The van der Waals surface area contributed by atoms with Crippen molar-refractivity contribution < 1.29 is 5.11 Å². The average molecular weight is 176 g/mol. The van der Waals surface area contributed by atoms with Crippen LogP contribution in [0.25, 0.3) is 0 Å². The number of rotatable bonds is 4. The fourth-order valence-electron chi connectivity index (χ4n) is 1.14. The number of aliphatic hydroxyl groups is 1. The number of hydrogen-bond acceptors (Lipinski definition) is 1. The summed E-state index contributed by atoms with van der Waals surface area (Å²) >= 11 is 0. The van der Waals surface area contributed by atoms with Crippen LogP contribution in [0.3, 0.4) is 0 Å². The van der Waals surface area contributed by atoms with Crippen LogP contribution in [0.1, 0.15) is 18.9 Å². The second kappa shape index (κ2) is 4.24. The lowest BCUT2D eigenvalue weighted by Gasteiger charge is -2.17. The van der Waals surface area contributed by atoms with Gasteiger partial charge in [0.05, 0.1) is 5.60 Å². The summed E-state index contributed by atoms with van der Waals surface area (Å²) < 4.78 is 0. The lowest BCUT2D eigenvalue weighted by Crippen LogP contribution is -2.20. The summed E-state index contributed by atoms with van der Waals surface area (Å²) in [6.07, 6.45) is 3.20. The van der Waals surface area contributed by atoms with E-state index in [9.17, 15) is 5.11 Å². The molecule has 1 nitrogen and oxygen atoms in total. The molecule has 1 aromatic carbocycles. The molecule has 0 aliphatic heterocycles. The Morgan fingerprint density at radius 1 is 1.38 bits per heavy atom. The van der Waals surface area contributed by atoms with Gasteiger partial charge in [0.2, 0.25) is 0 Å². The third-order valence-electron chi connectivity index (χ3n) is 2.20. The molecule has 0 saturated carbocycles. The summed E-state index contributed by atoms with van der Waals surface area (Å²) in [6, 6.07) is 10.2. The van der Waals surface area contributed by atoms with Crippen LogP contribution in [0, 0.1) is 0 Å². The van der Waals surface area contributed by atoms with Gasteiger partial charge in [-0.3, -0.25) is 0 Å². The number of benzene rings is 1. The highest BCUT2D eigenvalue weighted by molar-refractivity contribution is 5.15. The zero-order valence-corrected chi connectivity index (χ0v) is 8.03. The Labute approximate surface area is 79.7 Å². The highest BCUT2D eigenvalue weighted by atomic mass is 16.3. The summed E-state index contributed by atoms with van der Waals surface area (Å²) in [4.78, 5) is 0. The normalized spacial score (nSPS) is 14.9. The topological polar surface area (TPSA) is 20.2 Å². The molecule has 0 spiro atoms. The molecule has 0 aliphatic rings. The SMILES string of the molecule is C=C[C@@](C)(O)CCc1ccccc1. The smallest absolute Gasteiger partial charge is 0.0800 e. The Morgan fingerprint density at radius 3 is 2.54 bits per heavy atom. The van der Waals surface area contributed by atoms with E-state index in [-0.39, 0.29) is 0 Å². The fourth-order valence-corrected chi connectivity index (χ4v) is 1.14. The third kappa shape index (κ3) is 3.43. The molecule has 0 aromatic heterocycles. The molecule has 0 bridgehead atoms. The predicted octanol–water partition coefficient (Wildman–Crippen LogP) is 2.56. The van der Waals surface area contributed by atoms with Gasteiger partial charge in [-0.05, 0) is 25.3 Å².